The van der Waals surface area contributed by atoms with Gasteiger partial charge in [0.2, 0.25) is 5.91 Å². The van der Waals surface area contributed by atoms with Gasteiger partial charge in [-0.1, -0.05) is 23.7 Å². The maximum Gasteiger partial charge on any atom is 0.328 e. The molecule has 0 saturated carbocycles. The summed E-state index contributed by atoms with van der Waals surface area (Å²) in [5.74, 6) is -5.47. The van der Waals surface area contributed by atoms with Gasteiger partial charge < -0.3 is 35.1 Å². The van der Waals surface area contributed by atoms with Gasteiger partial charge in [0.15, 0.2) is 0 Å². The average molecular weight is 661 g/mol. The van der Waals surface area contributed by atoms with Gasteiger partial charge in [-0.2, -0.15) is 0 Å². The molecule has 1 amide bonds. The molecule has 13 nitrogen and oxygen atoms in total. The number of carbonyl (C=O) groups excluding carboxylic acids is 1. The van der Waals surface area contributed by atoms with E-state index in [-0.39, 0.29) is 18.3 Å². The van der Waals surface area contributed by atoms with E-state index in [0.717, 1.165) is 44.8 Å². The summed E-state index contributed by atoms with van der Waals surface area (Å²) in [6.45, 7) is 5.79. The standard InChI is InChI=1S/C23H26ClFN4O.2C4H4O4/c1-27-11-13-28(14-12-27)9-4-10-29-21-8-7-17(24)15-19(21)23(26-16-22(29)30)18-5-2-3-6-20(18)25;2*5-3(6)1-2-4(7)8/h2-3,5-8,15H,4,9-14,16H2,1H3;2*1-2H,(H,5,6)(H,7,8)/b;2*2-1-. The number of benzene rings is 2. The number of halogens is 2. The van der Waals surface area contributed by atoms with E-state index >= 15 is 0 Å². The van der Waals surface area contributed by atoms with Crippen LogP contribution in [-0.2, 0) is 24.0 Å². The largest absolute Gasteiger partial charge is 0.478 e. The molecule has 0 aliphatic carbocycles. The molecule has 1 saturated heterocycles. The highest BCUT2D eigenvalue weighted by molar-refractivity contribution is 6.32. The van der Waals surface area contributed by atoms with Crippen LogP contribution in [0.5, 0.6) is 0 Å². The van der Waals surface area contributed by atoms with Gasteiger partial charge in [-0.05, 0) is 50.3 Å². The molecule has 2 aromatic rings. The van der Waals surface area contributed by atoms with Crippen LogP contribution < -0.4 is 4.90 Å². The molecule has 4 N–H and O–H groups in total. The second-order valence-electron chi connectivity index (χ2n) is 9.87. The van der Waals surface area contributed by atoms with Crippen LogP contribution in [0.3, 0.4) is 0 Å². The highest BCUT2D eigenvalue weighted by atomic mass is 35.5. The van der Waals surface area contributed by atoms with Gasteiger partial charge in [0.25, 0.3) is 0 Å². The summed E-state index contributed by atoms with van der Waals surface area (Å²) in [5.41, 5.74) is 2.29. The Kier molecular flexibility index (Phi) is 15.2. The molecule has 246 valence electrons. The number of hydrogen-bond acceptors (Lipinski definition) is 8. The highest BCUT2D eigenvalue weighted by Gasteiger charge is 2.26. The average Bonchev–Trinajstić information content (AvgIpc) is 3.13. The summed E-state index contributed by atoms with van der Waals surface area (Å²) in [5, 5.41) is 31.8. The fraction of sp³-hybridized carbons (Fsp3) is 0.290. The maximum absolute atomic E-state index is 14.5. The van der Waals surface area contributed by atoms with Gasteiger partial charge in [-0.3, -0.25) is 9.79 Å². The first kappa shape index (κ1) is 37.3. The number of piperazine rings is 1. The van der Waals surface area contributed by atoms with E-state index in [9.17, 15) is 28.4 Å². The summed E-state index contributed by atoms with van der Waals surface area (Å²) in [7, 11) is 2.14. The number of amides is 1. The Labute approximate surface area is 269 Å². The molecule has 15 heteroatoms. The number of rotatable bonds is 9. The van der Waals surface area contributed by atoms with Gasteiger partial charge in [-0.15, -0.1) is 0 Å². The van der Waals surface area contributed by atoms with Crippen LogP contribution >= 0.6 is 11.6 Å². The van der Waals surface area contributed by atoms with Crippen LogP contribution in [0.4, 0.5) is 10.1 Å². The Morgan fingerprint density at radius 2 is 1.37 bits per heavy atom. The first-order valence-corrected chi connectivity index (χ1v) is 14.2. The minimum atomic E-state index is -1.26. The Morgan fingerprint density at radius 1 is 0.826 bits per heavy atom. The molecule has 2 heterocycles. The van der Waals surface area contributed by atoms with Gasteiger partial charge in [0.1, 0.15) is 12.4 Å². The molecule has 0 atom stereocenters. The number of carboxylic acid groups (broad SMARTS) is 4. The van der Waals surface area contributed by atoms with Crippen molar-refractivity contribution < 1.29 is 48.8 Å². The van der Waals surface area contributed by atoms with E-state index in [0.29, 0.717) is 52.7 Å². The molecule has 2 aliphatic rings. The molecule has 2 aromatic carbocycles. The molecule has 0 bridgehead atoms. The third-order valence-corrected chi connectivity index (χ3v) is 6.73. The van der Waals surface area contributed by atoms with Gasteiger partial charge in [0.05, 0.1) is 11.4 Å². The molecule has 1 fully saturated rings. The predicted octanol–water partition coefficient (Wildman–Crippen LogP) is 2.72. The van der Waals surface area contributed by atoms with Crippen molar-refractivity contribution in [3.8, 4) is 0 Å². The normalized spacial score (nSPS) is 15.2. The fourth-order valence-electron chi connectivity index (χ4n) is 4.32. The number of anilines is 1. The maximum atomic E-state index is 14.5. The lowest BCUT2D eigenvalue weighted by molar-refractivity contribution is -0.134. The number of likely N-dealkylation sites (N-methyl/N-ethyl adjacent to an activating group) is 1. The topological polar surface area (TPSA) is 188 Å². The zero-order chi connectivity index (χ0) is 34.2. The first-order chi connectivity index (χ1) is 21.8. The molecule has 46 heavy (non-hydrogen) atoms. The highest BCUT2D eigenvalue weighted by Crippen LogP contribution is 2.30. The third-order valence-electron chi connectivity index (χ3n) is 6.50. The number of aliphatic carboxylic acids is 4. The first-order valence-electron chi connectivity index (χ1n) is 13.9. The van der Waals surface area contributed by atoms with Crippen LogP contribution in [0.25, 0.3) is 0 Å². The van der Waals surface area contributed by atoms with Crippen molar-refractivity contribution >= 4 is 52.8 Å². The molecule has 2 aliphatic heterocycles. The summed E-state index contributed by atoms with van der Waals surface area (Å²) in [6, 6.07) is 11.9. The number of aliphatic imine (C=N–C) groups is 1. The van der Waals surface area contributed by atoms with Crippen molar-refractivity contribution in [2.75, 3.05) is 57.8 Å². The van der Waals surface area contributed by atoms with E-state index in [4.69, 9.17) is 32.0 Å². The lowest BCUT2D eigenvalue weighted by atomic mass is 9.99. The quantitative estimate of drug-likeness (QED) is 0.290. The van der Waals surface area contributed by atoms with Crippen molar-refractivity contribution in [2.45, 2.75) is 6.42 Å². The van der Waals surface area contributed by atoms with Crippen LogP contribution in [-0.4, -0.2) is 119 Å². The molecule has 0 radical (unpaired) electrons. The van der Waals surface area contributed by atoms with Gasteiger partial charge in [-0.25, -0.2) is 23.6 Å². The smallest absolute Gasteiger partial charge is 0.328 e. The van der Waals surface area contributed by atoms with Crippen molar-refractivity contribution in [3.63, 3.8) is 0 Å². The van der Waals surface area contributed by atoms with E-state index in [1.807, 2.05) is 6.07 Å². The van der Waals surface area contributed by atoms with Crippen LogP contribution in [0.2, 0.25) is 5.02 Å². The number of carbonyl (C=O) groups is 5. The molecule has 0 aromatic heterocycles. The summed E-state index contributed by atoms with van der Waals surface area (Å²) < 4.78 is 14.5. The second-order valence-corrected chi connectivity index (χ2v) is 10.3. The zero-order valence-electron chi connectivity index (χ0n) is 24.9. The van der Waals surface area contributed by atoms with Crippen molar-refractivity contribution in [1.29, 1.82) is 0 Å². The van der Waals surface area contributed by atoms with E-state index in [1.54, 1.807) is 35.2 Å². The molecule has 4 rings (SSSR count). The van der Waals surface area contributed by atoms with Crippen LogP contribution in [0, 0.1) is 5.82 Å². The number of carboxylic acids is 4. The zero-order valence-corrected chi connectivity index (χ0v) is 25.6. The van der Waals surface area contributed by atoms with Crippen LogP contribution in [0.1, 0.15) is 17.5 Å². The second kappa shape index (κ2) is 18.8. The summed E-state index contributed by atoms with van der Waals surface area (Å²) in [4.78, 5) is 62.2. The van der Waals surface area contributed by atoms with Crippen LogP contribution in [0.15, 0.2) is 71.8 Å². The summed E-state index contributed by atoms with van der Waals surface area (Å²) >= 11 is 6.26. The van der Waals surface area contributed by atoms with Crippen molar-refractivity contribution in [1.82, 2.24) is 9.80 Å². The molecular weight excluding hydrogens is 627 g/mol. The number of nitrogens with zero attached hydrogens (tertiary/aromatic N) is 4. The third kappa shape index (κ3) is 13.0. The lowest BCUT2D eigenvalue weighted by Gasteiger charge is -2.33. The van der Waals surface area contributed by atoms with E-state index < -0.39 is 23.9 Å². The predicted molar refractivity (Wildman–Crippen MR) is 168 cm³/mol. The van der Waals surface area contributed by atoms with Crippen molar-refractivity contribution in [2.24, 2.45) is 4.99 Å². The van der Waals surface area contributed by atoms with Gasteiger partial charge >= 0.3 is 23.9 Å². The SMILES string of the molecule is CN1CCN(CCCN2C(=O)CN=C(c3ccccc3F)c3cc(Cl)ccc32)CC1.O=C(O)/C=C\C(=O)O.O=C(O)/C=C\C(=O)O. The van der Waals surface area contributed by atoms with Gasteiger partial charge in [0, 0.05) is 73.2 Å². The summed E-state index contributed by atoms with van der Waals surface area (Å²) in [6.07, 6.45) is 3.10. The number of hydrogen-bond donors (Lipinski definition) is 4. The van der Waals surface area contributed by atoms with E-state index in [2.05, 4.69) is 21.8 Å². The Bertz CT molecular complexity index is 1440. The minimum absolute atomic E-state index is 0.00945. The fourth-order valence-corrected chi connectivity index (χ4v) is 4.49. The van der Waals surface area contributed by atoms with E-state index in [1.165, 1.54) is 6.07 Å². The molecule has 0 unspecified atom stereocenters. The minimum Gasteiger partial charge on any atom is -0.478 e. The molecule has 0 spiro atoms. The number of benzodiazepines with no additional fused rings is 1. The Balaban J connectivity index is 0.000000381. The molecular formula is C31H34ClFN4O9. The van der Waals surface area contributed by atoms with Crippen molar-refractivity contribution in [3.05, 3.63) is 88.7 Å². The Hall–Kier alpha value is -4.92. The monoisotopic (exact) mass is 660 g/mol. The number of fused-ring (bicyclic) bond motifs is 1. The lowest BCUT2D eigenvalue weighted by Crippen LogP contribution is -2.45. The Morgan fingerprint density at radius 3 is 1.89 bits per heavy atom.